The van der Waals surface area contributed by atoms with Crippen molar-refractivity contribution in [3.05, 3.63) is 24.1 Å². The minimum atomic E-state index is 0.130. The summed E-state index contributed by atoms with van der Waals surface area (Å²) >= 11 is 1.33. The topological polar surface area (TPSA) is 112 Å². The first-order valence-corrected chi connectivity index (χ1v) is 11.2. The molecule has 3 aromatic heterocycles. The SMILES string of the molecule is NCc1cc(Nc2nc(O[C@H]3CC[C@H](N4CCOCC4)CC3)c3occc3n2)sn1. The van der Waals surface area contributed by atoms with E-state index in [1.165, 1.54) is 11.5 Å². The molecule has 5 rings (SSSR count). The van der Waals surface area contributed by atoms with Crippen molar-refractivity contribution in [2.24, 2.45) is 5.73 Å². The van der Waals surface area contributed by atoms with E-state index in [2.05, 4.69) is 24.6 Å². The molecule has 4 heterocycles. The maximum Gasteiger partial charge on any atom is 0.263 e. The van der Waals surface area contributed by atoms with E-state index in [-0.39, 0.29) is 6.10 Å². The molecule has 0 spiro atoms. The van der Waals surface area contributed by atoms with Crippen LogP contribution in [0.1, 0.15) is 31.4 Å². The Kier molecular flexibility index (Phi) is 5.80. The first kappa shape index (κ1) is 19.7. The standard InChI is InChI=1S/C20H26N6O3S/c21-12-13-11-17(30-25-13)23-20-22-16-5-8-28-18(16)19(24-20)29-15-3-1-14(2-4-15)26-6-9-27-10-7-26/h5,8,11,14-15H,1-4,6-7,9-10,12,21H2,(H,22,23,24)/t14-,15-. The van der Waals surface area contributed by atoms with E-state index >= 15 is 0 Å². The second-order valence-electron chi connectivity index (χ2n) is 7.70. The van der Waals surface area contributed by atoms with Crippen molar-refractivity contribution in [2.45, 2.75) is 44.4 Å². The second kappa shape index (κ2) is 8.84. The summed E-state index contributed by atoms with van der Waals surface area (Å²) in [5, 5.41) is 4.05. The first-order valence-electron chi connectivity index (χ1n) is 10.4. The number of furan rings is 1. The van der Waals surface area contributed by atoms with Crippen molar-refractivity contribution in [3.63, 3.8) is 0 Å². The number of aromatic nitrogens is 3. The third-order valence-corrected chi connectivity index (χ3v) is 6.50. The quantitative estimate of drug-likeness (QED) is 0.609. The van der Waals surface area contributed by atoms with Crippen LogP contribution in [0.3, 0.4) is 0 Å². The summed E-state index contributed by atoms with van der Waals surface area (Å²) < 4.78 is 21.7. The molecule has 9 nitrogen and oxygen atoms in total. The predicted molar refractivity (Wildman–Crippen MR) is 114 cm³/mol. The lowest BCUT2D eigenvalue weighted by atomic mass is 9.91. The monoisotopic (exact) mass is 430 g/mol. The lowest BCUT2D eigenvalue weighted by Crippen LogP contribution is -2.46. The van der Waals surface area contributed by atoms with E-state index in [4.69, 9.17) is 19.6 Å². The van der Waals surface area contributed by atoms with Crippen molar-refractivity contribution in [1.82, 2.24) is 19.2 Å². The highest BCUT2D eigenvalue weighted by atomic mass is 32.1. The molecule has 0 aromatic carbocycles. The lowest BCUT2D eigenvalue weighted by Gasteiger charge is -2.38. The van der Waals surface area contributed by atoms with Crippen molar-refractivity contribution < 1.29 is 13.9 Å². The van der Waals surface area contributed by atoms with Gasteiger partial charge in [0.1, 0.15) is 16.6 Å². The fourth-order valence-corrected chi connectivity index (χ4v) is 4.85. The summed E-state index contributed by atoms with van der Waals surface area (Å²) in [6.07, 6.45) is 6.02. The fourth-order valence-electron chi connectivity index (χ4n) is 4.18. The summed E-state index contributed by atoms with van der Waals surface area (Å²) in [6, 6.07) is 4.35. The Morgan fingerprint density at radius 2 is 2.03 bits per heavy atom. The molecule has 10 heteroatoms. The van der Waals surface area contributed by atoms with Crippen LogP contribution in [0.4, 0.5) is 10.9 Å². The Morgan fingerprint density at radius 1 is 1.20 bits per heavy atom. The molecule has 0 amide bonds. The lowest BCUT2D eigenvalue weighted by molar-refractivity contribution is -0.00132. The zero-order chi connectivity index (χ0) is 20.3. The number of ether oxygens (including phenoxy) is 2. The number of hydrogen-bond acceptors (Lipinski definition) is 10. The highest BCUT2D eigenvalue weighted by Crippen LogP contribution is 2.31. The van der Waals surface area contributed by atoms with Gasteiger partial charge in [-0.25, -0.2) is 4.98 Å². The molecule has 0 unspecified atom stereocenters. The maximum atomic E-state index is 6.31. The Balaban J connectivity index is 1.27. The van der Waals surface area contributed by atoms with Crippen LogP contribution in [0.15, 0.2) is 22.8 Å². The summed E-state index contributed by atoms with van der Waals surface area (Å²) in [5.41, 5.74) is 7.78. The van der Waals surface area contributed by atoms with Crippen molar-refractivity contribution in [2.75, 3.05) is 31.6 Å². The number of nitrogens with two attached hydrogens (primary N) is 1. The predicted octanol–water partition coefficient (Wildman–Crippen LogP) is 2.90. The van der Waals surface area contributed by atoms with E-state index in [0.717, 1.165) is 62.7 Å². The Hall–Kier alpha value is -2.27. The van der Waals surface area contributed by atoms with Crippen LogP contribution in [-0.2, 0) is 11.3 Å². The van der Waals surface area contributed by atoms with Gasteiger partial charge in [-0.1, -0.05) is 0 Å². The highest BCUT2D eigenvalue weighted by Gasteiger charge is 2.28. The summed E-state index contributed by atoms with van der Waals surface area (Å²) in [5.74, 6) is 0.957. The first-order chi connectivity index (χ1) is 14.8. The van der Waals surface area contributed by atoms with Gasteiger partial charge in [0.2, 0.25) is 11.5 Å². The zero-order valence-electron chi connectivity index (χ0n) is 16.7. The van der Waals surface area contributed by atoms with Gasteiger partial charge in [-0.05, 0) is 43.3 Å². The van der Waals surface area contributed by atoms with Gasteiger partial charge in [0, 0.05) is 31.7 Å². The van der Waals surface area contributed by atoms with Gasteiger partial charge in [-0.15, -0.1) is 0 Å². The minimum Gasteiger partial charge on any atom is -0.472 e. The van der Waals surface area contributed by atoms with Crippen molar-refractivity contribution in [3.8, 4) is 5.88 Å². The molecule has 2 aliphatic rings. The molecule has 1 saturated carbocycles. The van der Waals surface area contributed by atoms with Gasteiger partial charge in [-0.3, -0.25) is 4.90 Å². The molecule has 160 valence electrons. The Labute approximate surface area is 178 Å². The minimum absolute atomic E-state index is 0.130. The largest absolute Gasteiger partial charge is 0.472 e. The average Bonchev–Trinajstić information content (AvgIpc) is 3.44. The normalized spacial score (nSPS) is 23.0. The van der Waals surface area contributed by atoms with Gasteiger partial charge in [0.25, 0.3) is 5.88 Å². The molecule has 1 aliphatic heterocycles. The van der Waals surface area contributed by atoms with E-state index in [1.54, 1.807) is 6.26 Å². The van der Waals surface area contributed by atoms with Crippen LogP contribution in [0, 0.1) is 0 Å². The number of anilines is 2. The third-order valence-electron chi connectivity index (χ3n) is 5.76. The smallest absolute Gasteiger partial charge is 0.263 e. The van der Waals surface area contributed by atoms with E-state index in [1.807, 2.05) is 12.1 Å². The zero-order valence-corrected chi connectivity index (χ0v) is 17.6. The second-order valence-corrected chi connectivity index (χ2v) is 8.50. The van der Waals surface area contributed by atoms with Crippen LogP contribution in [0.5, 0.6) is 5.88 Å². The van der Waals surface area contributed by atoms with Gasteiger partial charge in [0.15, 0.2) is 0 Å². The highest BCUT2D eigenvalue weighted by molar-refractivity contribution is 7.10. The van der Waals surface area contributed by atoms with Gasteiger partial charge < -0.3 is 24.9 Å². The van der Waals surface area contributed by atoms with Crippen molar-refractivity contribution >= 4 is 33.6 Å². The Morgan fingerprint density at radius 3 is 2.80 bits per heavy atom. The molecule has 2 fully saturated rings. The van der Waals surface area contributed by atoms with Crippen LogP contribution in [0.25, 0.3) is 11.1 Å². The van der Waals surface area contributed by atoms with E-state index in [0.29, 0.717) is 35.5 Å². The molecule has 3 N–H and O–H groups in total. The fraction of sp³-hybridized carbons (Fsp3) is 0.550. The molecule has 1 aliphatic carbocycles. The number of morpholine rings is 1. The van der Waals surface area contributed by atoms with Crippen LogP contribution < -0.4 is 15.8 Å². The van der Waals surface area contributed by atoms with Crippen LogP contribution >= 0.6 is 11.5 Å². The van der Waals surface area contributed by atoms with Gasteiger partial charge >= 0.3 is 0 Å². The number of nitrogens with one attached hydrogen (secondary N) is 1. The molecular formula is C20H26N6O3S. The van der Waals surface area contributed by atoms with E-state index in [9.17, 15) is 0 Å². The molecular weight excluding hydrogens is 404 g/mol. The van der Waals surface area contributed by atoms with E-state index < -0.39 is 0 Å². The molecule has 1 saturated heterocycles. The summed E-state index contributed by atoms with van der Waals surface area (Å²) in [7, 11) is 0. The number of nitrogens with zero attached hydrogens (tertiary/aromatic N) is 4. The van der Waals surface area contributed by atoms with Crippen LogP contribution in [-0.4, -0.2) is 57.7 Å². The molecule has 30 heavy (non-hydrogen) atoms. The summed E-state index contributed by atoms with van der Waals surface area (Å²) in [4.78, 5) is 11.7. The number of hydrogen-bond donors (Lipinski definition) is 2. The maximum absolute atomic E-state index is 6.31. The number of rotatable bonds is 6. The van der Waals surface area contributed by atoms with Crippen molar-refractivity contribution in [1.29, 1.82) is 0 Å². The number of fused-ring (bicyclic) bond motifs is 1. The molecule has 0 atom stereocenters. The van der Waals surface area contributed by atoms with Gasteiger partial charge in [-0.2, -0.15) is 9.36 Å². The van der Waals surface area contributed by atoms with Gasteiger partial charge in [0.05, 0.1) is 25.2 Å². The molecule has 3 aromatic rings. The van der Waals surface area contributed by atoms with Crippen LogP contribution in [0.2, 0.25) is 0 Å². The Bertz CT molecular complexity index is 978. The summed E-state index contributed by atoms with van der Waals surface area (Å²) in [6.45, 7) is 4.16. The average molecular weight is 431 g/mol. The molecule has 0 radical (unpaired) electrons. The molecule has 0 bridgehead atoms. The third kappa shape index (κ3) is 4.27.